The van der Waals surface area contributed by atoms with E-state index in [4.69, 9.17) is 18.9 Å². The Morgan fingerprint density at radius 2 is 1.55 bits per heavy atom. The van der Waals surface area contributed by atoms with E-state index in [1.54, 1.807) is 0 Å². The lowest BCUT2D eigenvalue weighted by Gasteiger charge is -2.43. The zero-order valence-electron chi connectivity index (χ0n) is 29.8. The summed E-state index contributed by atoms with van der Waals surface area (Å²) in [7, 11) is 0. The Kier molecular flexibility index (Phi) is 11.6. The van der Waals surface area contributed by atoms with Crippen LogP contribution >= 0.6 is 0 Å². The first kappa shape index (κ1) is 36.4. The molecule has 1 unspecified atom stereocenters. The monoisotopic (exact) mass is 719 g/mol. The molecule has 11 nitrogen and oxygen atoms in total. The van der Waals surface area contributed by atoms with Gasteiger partial charge in [-0.2, -0.15) is 0 Å². The standard InChI is InChI=1S/C42H45N3O8/c1-28-37(25-44-19-21-50-22-20-44)52-41(53-39(28)32-13-11-29(26-46)12-14-32)33-17-15-31(16-18-33)35-10-6-5-9-34(35)24-45-38(47)23-36(40(45)48)43-42(49)51-27-30-7-3-2-4-8-30/h2-18,28,36-37,39,41,46H,19-27H2,1H3,(H,43,49)/t28-,36?,37+,39+,41+/m1/s1. The molecule has 0 saturated carbocycles. The first-order valence-electron chi connectivity index (χ1n) is 18.2. The highest BCUT2D eigenvalue weighted by atomic mass is 16.7. The van der Waals surface area contributed by atoms with Crippen molar-refractivity contribution in [3.63, 3.8) is 0 Å². The third-order valence-corrected chi connectivity index (χ3v) is 10.3. The maximum Gasteiger partial charge on any atom is 0.408 e. The van der Waals surface area contributed by atoms with E-state index in [0.717, 1.165) is 58.6 Å². The van der Waals surface area contributed by atoms with E-state index in [-0.39, 0.29) is 50.2 Å². The van der Waals surface area contributed by atoms with Crippen molar-refractivity contribution in [2.75, 3.05) is 32.8 Å². The van der Waals surface area contributed by atoms with Gasteiger partial charge >= 0.3 is 6.09 Å². The number of nitrogens with one attached hydrogen (secondary N) is 1. The topological polar surface area (TPSA) is 127 Å². The Labute approximate surface area is 309 Å². The fourth-order valence-corrected chi connectivity index (χ4v) is 7.17. The summed E-state index contributed by atoms with van der Waals surface area (Å²) in [5.41, 5.74) is 6.16. The van der Waals surface area contributed by atoms with Crippen LogP contribution in [0, 0.1) is 5.92 Å². The minimum Gasteiger partial charge on any atom is -0.445 e. The van der Waals surface area contributed by atoms with Gasteiger partial charge in [0.05, 0.1) is 45.0 Å². The Morgan fingerprint density at radius 1 is 0.849 bits per heavy atom. The van der Waals surface area contributed by atoms with Crippen molar-refractivity contribution in [1.29, 1.82) is 0 Å². The summed E-state index contributed by atoms with van der Waals surface area (Å²) < 4.78 is 24.2. The number of carbonyl (C=O) groups excluding carboxylic acids is 3. The highest BCUT2D eigenvalue weighted by Crippen LogP contribution is 2.42. The van der Waals surface area contributed by atoms with Gasteiger partial charge in [0.1, 0.15) is 12.6 Å². The number of ether oxygens (including phenoxy) is 4. The number of rotatable bonds is 11. The molecule has 5 atom stereocenters. The molecule has 0 aromatic heterocycles. The molecule has 3 aliphatic heterocycles. The average molecular weight is 720 g/mol. The third kappa shape index (κ3) is 8.67. The molecule has 53 heavy (non-hydrogen) atoms. The second kappa shape index (κ2) is 16.8. The van der Waals surface area contributed by atoms with Gasteiger partial charge in [0, 0.05) is 31.1 Å². The van der Waals surface area contributed by atoms with Crippen LogP contribution in [0.1, 0.15) is 53.6 Å². The fourth-order valence-electron chi connectivity index (χ4n) is 7.17. The number of carbonyl (C=O) groups is 3. The van der Waals surface area contributed by atoms with Crippen molar-refractivity contribution < 1.29 is 38.4 Å². The number of benzene rings is 4. The van der Waals surface area contributed by atoms with E-state index in [9.17, 15) is 19.5 Å². The number of aliphatic hydroxyl groups is 1. The van der Waals surface area contributed by atoms with Crippen LogP contribution in [0.5, 0.6) is 0 Å². The molecule has 11 heteroatoms. The van der Waals surface area contributed by atoms with Crippen LogP contribution in [0.2, 0.25) is 0 Å². The van der Waals surface area contributed by atoms with Crippen LogP contribution in [0.25, 0.3) is 11.1 Å². The summed E-state index contributed by atoms with van der Waals surface area (Å²) in [6.45, 7) is 6.16. The normalized spacial score (nSPS) is 23.6. The van der Waals surface area contributed by atoms with Gasteiger partial charge in [-0.25, -0.2) is 4.79 Å². The number of imide groups is 1. The fraction of sp³-hybridized carbons (Fsp3) is 0.357. The van der Waals surface area contributed by atoms with E-state index < -0.39 is 24.3 Å². The molecule has 3 fully saturated rings. The van der Waals surface area contributed by atoms with Crippen LogP contribution < -0.4 is 5.32 Å². The Hall–Kier alpha value is -4.91. The molecule has 3 aliphatic rings. The number of amides is 3. The summed E-state index contributed by atoms with van der Waals surface area (Å²) in [5.74, 6) is -0.752. The lowest BCUT2D eigenvalue weighted by Crippen LogP contribution is -2.47. The summed E-state index contributed by atoms with van der Waals surface area (Å²) in [4.78, 5) is 42.4. The summed E-state index contributed by atoms with van der Waals surface area (Å²) in [5, 5.41) is 12.2. The molecule has 0 spiro atoms. The summed E-state index contributed by atoms with van der Waals surface area (Å²) >= 11 is 0. The second-order valence-corrected chi connectivity index (χ2v) is 13.8. The van der Waals surface area contributed by atoms with E-state index in [1.165, 1.54) is 4.90 Å². The van der Waals surface area contributed by atoms with Crippen LogP contribution in [0.15, 0.2) is 103 Å². The number of aliphatic hydroxyl groups excluding tert-OH is 1. The first-order valence-corrected chi connectivity index (χ1v) is 18.2. The molecule has 276 valence electrons. The predicted octanol–water partition coefficient (Wildman–Crippen LogP) is 5.52. The lowest BCUT2D eigenvalue weighted by molar-refractivity contribution is -0.277. The molecule has 0 bridgehead atoms. The molecule has 2 N–H and O–H groups in total. The number of nitrogens with zero attached hydrogens (tertiary/aromatic N) is 2. The zero-order chi connectivity index (χ0) is 36.7. The number of likely N-dealkylation sites (tertiary alicyclic amines) is 1. The van der Waals surface area contributed by atoms with Crippen molar-refractivity contribution in [3.8, 4) is 11.1 Å². The minimum atomic E-state index is -0.987. The molecule has 3 amide bonds. The smallest absolute Gasteiger partial charge is 0.408 e. The van der Waals surface area contributed by atoms with Crippen LogP contribution in [-0.4, -0.2) is 77.8 Å². The van der Waals surface area contributed by atoms with E-state index in [2.05, 4.69) is 17.1 Å². The molecule has 4 aromatic rings. The zero-order valence-corrected chi connectivity index (χ0v) is 29.8. The molecule has 0 radical (unpaired) electrons. The highest BCUT2D eigenvalue weighted by Gasteiger charge is 2.41. The van der Waals surface area contributed by atoms with Gasteiger partial charge < -0.3 is 29.4 Å². The predicted molar refractivity (Wildman–Crippen MR) is 196 cm³/mol. The average Bonchev–Trinajstić information content (AvgIpc) is 3.46. The van der Waals surface area contributed by atoms with Gasteiger partial charge in [-0.1, -0.05) is 110 Å². The van der Waals surface area contributed by atoms with Gasteiger partial charge in [0.2, 0.25) is 5.91 Å². The van der Waals surface area contributed by atoms with Crippen molar-refractivity contribution in [1.82, 2.24) is 15.1 Å². The largest absolute Gasteiger partial charge is 0.445 e. The maximum absolute atomic E-state index is 13.3. The van der Waals surface area contributed by atoms with E-state index in [1.807, 2.05) is 103 Å². The molecule has 3 saturated heterocycles. The van der Waals surface area contributed by atoms with Gasteiger partial charge in [-0.15, -0.1) is 0 Å². The Morgan fingerprint density at radius 3 is 2.28 bits per heavy atom. The number of morpholine rings is 1. The Balaban J connectivity index is 1.04. The minimum absolute atomic E-state index is 0.0173. The van der Waals surface area contributed by atoms with Gasteiger partial charge in [-0.05, 0) is 33.4 Å². The highest BCUT2D eigenvalue weighted by molar-refractivity contribution is 6.06. The first-order chi connectivity index (χ1) is 25.9. The van der Waals surface area contributed by atoms with Crippen molar-refractivity contribution in [2.24, 2.45) is 5.92 Å². The van der Waals surface area contributed by atoms with Gasteiger partial charge in [-0.3, -0.25) is 19.4 Å². The van der Waals surface area contributed by atoms with Crippen molar-refractivity contribution in [2.45, 2.75) is 57.6 Å². The molecule has 0 aliphatic carbocycles. The summed E-state index contributed by atoms with van der Waals surface area (Å²) in [6, 6.07) is 31.8. The second-order valence-electron chi connectivity index (χ2n) is 13.8. The summed E-state index contributed by atoms with van der Waals surface area (Å²) in [6.07, 6.45) is -1.79. The quantitative estimate of drug-likeness (QED) is 0.193. The van der Waals surface area contributed by atoms with Gasteiger partial charge in [0.25, 0.3) is 5.91 Å². The van der Waals surface area contributed by atoms with Crippen LogP contribution in [0.3, 0.4) is 0 Å². The van der Waals surface area contributed by atoms with E-state index >= 15 is 0 Å². The SMILES string of the molecule is C[C@@H]1[C@H](CN2CCOCC2)O[C@H](c2ccc(-c3ccccc3CN3C(=O)CC(NC(=O)OCc4ccccc4)C3=O)cc2)O[C@@H]1c1ccc(CO)cc1. The molecular formula is C42H45N3O8. The van der Waals surface area contributed by atoms with Gasteiger partial charge in [0.15, 0.2) is 6.29 Å². The van der Waals surface area contributed by atoms with Crippen LogP contribution in [-0.2, 0) is 48.3 Å². The third-order valence-electron chi connectivity index (χ3n) is 10.3. The number of alkyl carbamates (subject to hydrolysis) is 1. The molecule has 4 aromatic carbocycles. The number of hydrogen-bond acceptors (Lipinski definition) is 9. The molecular weight excluding hydrogens is 674 g/mol. The maximum atomic E-state index is 13.3. The van der Waals surface area contributed by atoms with Crippen LogP contribution in [0.4, 0.5) is 4.79 Å². The lowest BCUT2D eigenvalue weighted by atomic mass is 9.90. The molecule has 3 heterocycles. The van der Waals surface area contributed by atoms with E-state index in [0.29, 0.717) is 13.2 Å². The van der Waals surface area contributed by atoms with Crippen molar-refractivity contribution >= 4 is 17.9 Å². The number of hydrogen-bond donors (Lipinski definition) is 2. The molecule has 7 rings (SSSR count). The Bertz CT molecular complexity index is 1860. The van der Waals surface area contributed by atoms with Crippen molar-refractivity contribution in [3.05, 3.63) is 131 Å².